The van der Waals surface area contributed by atoms with Crippen LogP contribution in [0.15, 0.2) is 36.7 Å². The summed E-state index contributed by atoms with van der Waals surface area (Å²) in [5.74, 6) is 2.02. The summed E-state index contributed by atoms with van der Waals surface area (Å²) in [4.78, 5) is 20.4. The van der Waals surface area contributed by atoms with Crippen molar-refractivity contribution in [2.45, 2.75) is 116 Å². The fraction of sp³-hybridized carbons (Fsp3) is 0.581. The molecule has 2 saturated carbocycles. The number of hydrogen-bond acceptors (Lipinski definition) is 9. The summed E-state index contributed by atoms with van der Waals surface area (Å²) in [6.45, 7) is 8.54. The molecular formula is C31H47ClK2N8O3. The van der Waals surface area contributed by atoms with E-state index < -0.39 is 0 Å². The molecule has 2 fully saturated rings. The molecule has 2 atom stereocenters. The molecule has 0 saturated heterocycles. The van der Waals surface area contributed by atoms with Gasteiger partial charge in [-0.3, -0.25) is 4.79 Å². The maximum absolute atomic E-state index is 8.64. The van der Waals surface area contributed by atoms with Crippen LogP contribution in [-0.2, 0) is 9.68 Å². The third kappa shape index (κ3) is 13.8. The molecule has 45 heavy (non-hydrogen) atoms. The van der Waals surface area contributed by atoms with E-state index in [4.69, 9.17) is 32.4 Å². The Morgan fingerprint density at radius 1 is 0.956 bits per heavy atom. The van der Waals surface area contributed by atoms with Crippen LogP contribution in [0.4, 0.5) is 5.82 Å². The van der Waals surface area contributed by atoms with Crippen molar-refractivity contribution in [2.24, 2.45) is 5.73 Å². The number of nitrogens with one attached hydrogen (secondary N) is 1. The van der Waals surface area contributed by atoms with Crippen molar-refractivity contribution in [3.63, 3.8) is 0 Å². The molecule has 2 aliphatic carbocycles. The molecule has 2 aliphatic rings. The molecule has 0 bridgehead atoms. The molecule has 4 aromatic rings. The Morgan fingerprint density at radius 3 is 1.89 bits per heavy atom. The second kappa shape index (κ2) is 23.4. The minimum atomic E-state index is -0.181. The van der Waals surface area contributed by atoms with Gasteiger partial charge in [0.05, 0.1) is 12.4 Å². The van der Waals surface area contributed by atoms with Gasteiger partial charge in [0.25, 0.3) is 6.47 Å². The first-order valence-corrected chi connectivity index (χ1v) is 15.8. The van der Waals surface area contributed by atoms with Gasteiger partial charge in [-0.05, 0) is 56.4 Å². The molecular weight excluding hydrogens is 646 g/mol. The summed E-state index contributed by atoms with van der Waals surface area (Å²) in [5.41, 5.74) is 9.49. The molecule has 2 unspecified atom stereocenters. The van der Waals surface area contributed by atoms with Gasteiger partial charge in [0.15, 0.2) is 11.3 Å². The molecule has 3 N–H and O–H groups in total. The van der Waals surface area contributed by atoms with Crippen LogP contribution in [0.2, 0.25) is 5.15 Å². The number of carbonyl (C=O) groups excluding carboxylic acids is 1. The zero-order chi connectivity index (χ0) is 31.2. The predicted molar refractivity (Wildman–Crippen MR) is 169 cm³/mol. The third-order valence-electron chi connectivity index (χ3n) is 8.10. The number of aromatic nitrogens is 6. The zero-order valence-electron chi connectivity index (χ0n) is 28.8. The molecule has 14 heteroatoms. The Labute approximate surface area is 358 Å². The van der Waals surface area contributed by atoms with E-state index in [-0.39, 0.29) is 111 Å². The van der Waals surface area contributed by atoms with Crippen LogP contribution in [0, 0.1) is 0 Å². The molecule has 4 heterocycles. The van der Waals surface area contributed by atoms with E-state index in [2.05, 4.69) is 59.1 Å². The van der Waals surface area contributed by atoms with Crippen molar-refractivity contribution in [1.29, 1.82) is 0 Å². The summed E-state index contributed by atoms with van der Waals surface area (Å²) in [7, 11) is 0. The van der Waals surface area contributed by atoms with E-state index in [0.29, 0.717) is 29.1 Å². The smallest absolute Gasteiger partial charge is 1.00 e. The quantitative estimate of drug-likeness (QED) is 0.0894. The standard InChI is InChI=1S/C15H22N4.C10H12ClN3.C5H11N.CH2O3.2K.H/c1-3-11(2)13-10-15(17-12-6-4-5-7-12)19-14(18-13)8-9-16-19;1-3-7(2)8-6-9(11)14-10(13-8)4-5-12-14;6-5-3-1-2-4-5;2-1-4-3;;;/h8-12,17H,3-7H2,1-2H3;4-7H,3H2,1-2H3;5H,1-4,6H2;1,3H;;;/q;;;;2*+1;-1/p-1. The largest absolute Gasteiger partial charge is 1.00 e. The number of halogens is 1. The Balaban J connectivity index is 0.000000661. The van der Waals surface area contributed by atoms with Crippen LogP contribution >= 0.6 is 11.6 Å². The Bertz CT molecular complexity index is 1400. The van der Waals surface area contributed by atoms with Gasteiger partial charge in [-0.2, -0.15) is 14.7 Å². The fourth-order valence-corrected chi connectivity index (χ4v) is 5.33. The first-order chi connectivity index (χ1) is 20.8. The van der Waals surface area contributed by atoms with Crippen molar-refractivity contribution >= 4 is 35.2 Å². The van der Waals surface area contributed by atoms with Crippen molar-refractivity contribution in [3.05, 3.63) is 53.2 Å². The fourth-order valence-electron chi connectivity index (χ4n) is 5.09. The van der Waals surface area contributed by atoms with E-state index in [1.165, 1.54) is 51.4 Å². The van der Waals surface area contributed by atoms with Gasteiger partial charge in [0, 0.05) is 41.7 Å². The summed E-state index contributed by atoms with van der Waals surface area (Å²) in [6, 6.07) is 9.04. The molecule has 11 nitrogen and oxygen atoms in total. The molecule has 0 amide bonds. The Hall–Kier alpha value is -0.00727. The maximum atomic E-state index is 8.64. The average molecular weight is 693 g/mol. The topological polar surface area (TPSA) is 148 Å². The number of fused-ring (bicyclic) bond motifs is 2. The maximum Gasteiger partial charge on any atom is 1.00 e. The Morgan fingerprint density at radius 2 is 1.42 bits per heavy atom. The molecule has 0 radical (unpaired) electrons. The number of rotatable bonds is 7. The average Bonchev–Trinajstić information content (AvgIpc) is 3.85. The summed E-state index contributed by atoms with van der Waals surface area (Å²) >= 11 is 6.07. The second-order valence-electron chi connectivity index (χ2n) is 11.3. The van der Waals surface area contributed by atoms with Gasteiger partial charge in [-0.1, -0.05) is 65.0 Å². The van der Waals surface area contributed by atoms with Gasteiger partial charge < -0.3 is 22.6 Å². The number of carbonyl (C=O) groups is 1. The molecule has 6 rings (SSSR count). The van der Waals surface area contributed by atoms with Gasteiger partial charge in [0.2, 0.25) is 0 Å². The van der Waals surface area contributed by atoms with Gasteiger partial charge in [-0.25, -0.2) is 14.5 Å². The van der Waals surface area contributed by atoms with Crippen LogP contribution in [0.5, 0.6) is 0 Å². The predicted octanol–water partition coefficient (Wildman–Crippen LogP) is -0.0636. The minimum absolute atomic E-state index is 0. The molecule has 0 aromatic carbocycles. The third-order valence-corrected chi connectivity index (χ3v) is 8.36. The SMILES string of the molecule is CCC(C)c1cc(Cl)n2nccc2n1.CCC(C)c1cc(NC2CCCC2)n2nccc2n1.NC1CCCC1.O=CO[O-].[H-].[K+].[K+]. The summed E-state index contributed by atoms with van der Waals surface area (Å²) < 4.78 is 3.55. The monoisotopic (exact) mass is 692 g/mol. The molecule has 0 spiro atoms. The second-order valence-corrected chi connectivity index (χ2v) is 11.6. The normalized spacial score (nSPS) is 15.6. The van der Waals surface area contributed by atoms with Crippen molar-refractivity contribution in [1.82, 2.24) is 29.2 Å². The van der Waals surface area contributed by atoms with E-state index >= 15 is 0 Å². The van der Waals surface area contributed by atoms with Gasteiger partial charge in [0.1, 0.15) is 11.0 Å². The number of anilines is 1. The first-order valence-electron chi connectivity index (χ1n) is 15.4. The van der Waals surface area contributed by atoms with Crippen molar-refractivity contribution in [3.8, 4) is 0 Å². The van der Waals surface area contributed by atoms with E-state index in [0.717, 1.165) is 41.3 Å². The molecule has 0 aliphatic heterocycles. The number of nitrogens with two attached hydrogens (primary N) is 1. The molecule has 4 aromatic heterocycles. The van der Waals surface area contributed by atoms with Gasteiger partial charge in [-0.15, -0.1) is 0 Å². The van der Waals surface area contributed by atoms with E-state index in [1.807, 2.05) is 28.9 Å². The van der Waals surface area contributed by atoms with Crippen molar-refractivity contribution in [2.75, 3.05) is 5.32 Å². The minimum Gasteiger partial charge on any atom is -1.00 e. The summed E-state index contributed by atoms with van der Waals surface area (Å²) in [5, 5.41) is 21.1. The van der Waals surface area contributed by atoms with Crippen LogP contribution in [0.1, 0.15) is 117 Å². The van der Waals surface area contributed by atoms with E-state index in [9.17, 15) is 0 Å². The van der Waals surface area contributed by atoms with E-state index in [1.54, 1.807) is 10.7 Å². The summed E-state index contributed by atoms with van der Waals surface area (Å²) in [6.07, 6.45) is 16.2. The van der Waals surface area contributed by atoms with Crippen molar-refractivity contribution < 1.29 is 119 Å². The van der Waals surface area contributed by atoms with Crippen LogP contribution in [0.3, 0.4) is 0 Å². The molecule has 238 valence electrons. The van der Waals surface area contributed by atoms with Crippen LogP contribution < -0.4 is 119 Å². The number of hydrogen-bond donors (Lipinski definition) is 2. The number of nitrogens with zero attached hydrogens (tertiary/aromatic N) is 6. The zero-order valence-corrected chi connectivity index (χ0v) is 34.8. The van der Waals surface area contributed by atoms with Crippen LogP contribution in [0.25, 0.3) is 11.3 Å². The van der Waals surface area contributed by atoms with Gasteiger partial charge >= 0.3 is 103 Å². The van der Waals surface area contributed by atoms with Crippen LogP contribution in [-0.4, -0.2) is 47.8 Å². The Kier molecular flexibility index (Phi) is 22.3. The first kappa shape index (κ1) is 43.0.